The molecule has 1 aromatic heterocycles. The van der Waals surface area contributed by atoms with E-state index < -0.39 is 5.91 Å². The van der Waals surface area contributed by atoms with Gasteiger partial charge in [0, 0.05) is 6.07 Å². The SMILES string of the molecule is NC(=O)c1cc(OCc2ccccc2)ncc1N. The normalized spacial score (nSPS) is 10.0. The second kappa shape index (κ2) is 5.18. The van der Waals surface area contributed by atoms with Crippen LogP contribution in [0, 0.1) is 0 Å². The third-order valence-corrected chi connectivity index (χ3v) is 2.40. The van der Waals surface area contributed by atoms with Gasteiger partial charge in [0.2, 0.25) is 5.88 Å². The Morgan fingerprint density at radius 2 is 2.00 bits per heavy atom. The number of nitrogens with zero attached hydrogens (tertiary/aromatic N) is 1. The maximum absolute atomic E-state index is 11.1. The molecule has 1 aromatic carbocycles. The molecule has 0 atom stereocenters. The summed E-state index contributed by atoms with van der Waals surface area (Å²) >= 11 is 0. The van der Waals surface area contributed by atoms with Crippen molar-refractivity contribution in [1.82, 2.24) is 4.98 Å². The Balaban J connectivity index is 2.11. The lowest BCUT2D eigenvalue weighted by Gasteiger charge is -2.07. The van der Waals surface area contributed by atoms with Crippen LogP contribution in [0.2, 0.25) is 0 Å². The van der Waals surface area contributed by atoms with Crippen LogP contribution in [0.1, 0.15) is 15.9 Å². The fourth-order valence-corrected chi connectivity index (χ4v) is 1.47. The molecule has 0 unspecified atom stereocenters. The van der Waals surface area contributed by atoms with E-state index in [2.05, 4.69) is 4.98 Å². The van der Waals surface area contributed by atoms with Crippen LogP contribution in [0.15, 0.2) is 42.6 Å². The molecule has 4 N–H and O–H groups in total. The molecule has 2 rings (SSSR count). The molecule has 5 heteroatoms. The number of anilines is 1. The Hall–Kier alpha value is -2.56. The summed E-state index contributed by atoms with van der Waals surface area (Å²) < 4.78 is 5.46. The first-order chi connectivity index (χ1) is 8.66. The van der Waals surface area contributed by atoms with Crippen LogP contribution in [-0.4, -0.2) is 10.9 Å². The molecule has 0 saturated carbocycles. The number of ether oxygens (including phenoxy) is 1. The van der Waals surface area contributed by atoms with Gasteiger partial charge in [0.25, 0.3) is 5.91 Å². The smallest absolute Gasteiger partial charge is 0.251 e. The van der Waals surface area contributed by atoms with Gasteiger partial charge in [-0.05, 0) is 5.56 Å². The summed E-state index contributed by atoms with van der Waals surface area (Å²) in [6.45, 7) is 0.371. The van der Waals surface area contributed by atoms with Crippen molar-refractivity contribution >= 4 is 11.6 Å². The monoisotopic (exact) mass is 243 g/mol. The number of benzene rings is 1. The van der Waals surface area contributed by atoms with Crippen molar-refractivity contribution in [2.75, 3.05) is 5.73 Å². The molecule has 0 bridgehead atoms. The van der Waals surface area contributed by atoms with Crippen LogP contribution in [0.3, 0.4) is 0 Å². The fourth-order valence-electron chi connectivity index (χ4n) is 1.47. The molecule has 18 heavy (non-hydrogen) atoms. The molecule has 92 valence electrons. The van der Waals surface area contributed by atoms with Crippen molar-refractivity contribution in [3.63, 3.8) is 0 Å². The van der Waals surface area contributed by atoms with E-state index in [1.54, 1.807) is 0 Å². The number of hydrogen-bond acceptors (Lipinski definition) is 4. The van der Waals surface area contributed by atoms with Gasteiger partial charge in [-0.1, -0.05) is 30.3 Å². The molecule has 1 heterocycles. The maximum atomic E-state index is 11.1. The average Bonchev–Trinajstić information content (AvgIpc) is 2.38. The Morgan fingerprint density at radius 1 is 1.28 bits per heavy atom. The number of hydrogen-bond donors (Lipinski definition) is 2. The minimum atomic E-state index is -0.598. The van der Waals surface area contributed by atoms with Crippen LogP contribution in [-0.2, 0) is 6.61 Å². The summed E-state index contributed by atoms with van der Waals surface area (Å²) in [5.74, 6) is -0.277. The molecule has 2 aromatic rings. The van der Waals surface area contributed by atoms with Crippen molar-refractivity contribution < 1.29 is 9.53 Å². The highest BCUT2D eigenvalue weighted by Gasteiger charge is 2.08. The summed E-state index contributed by atoms with van der Waals surface area (Å²) in [7, 11) is 0. The van der Waals surface area contributed by atoms with Crippen LogP contribution in [0.25, 0.3) is 0 Å². The van der Waals surface area contributed by atoms with E-state index in [1.807, 2.05) is 30.3 Å². The molecule has 0 saturated heterocycles. The molecule has 1 amide bonds. The van der Waals surface area contributed by atoms with Crippen LogP contribution in [0.5, 0.6) is 5.88 Å². The first-order valence-electron chi connectivity index (χ1n) is 5.39. The Bertz CT molecular complexity index is 555. The number of aromatic nitrogens is 1. The molecule has 0 spiro atoms. The quantitative estimate of drug-likeness (QED) is 0.847. The van der Waals surface area contributed by atoms with Crippen molar-refractivity contribution in [3.05, 3.63) is 53.7 Å². The highest BCUT2D eigenvalue weighted by Crippen LogP contribution is 2.16. The molecule has 5 nitrogen and oxygen atoms in total. The zero-order valence-corrected chi connectivity index (χ0v) is 9.67. The molecule has 0 aliphatic carbocycles. The lowest BCUT2D eigenvalue weighted by molar-refractivity contribution is 0.100. The third kappa shape index (κ3) is 2.76. The van der Waals surface area contributed by atoms with Crippen LogP contribution < -0.4 is 16.2 Å². The van der Waals surface area contributed by atoms with Gasteiger partial charge in [-0.25, -0.2) is 4.98 Å². The van der Waals surface area contributed by atoms with E-state index in [1.165, 1.54) is 12.3 Å². The van der Waals surface area contributed by atoms with Crippen molar-refractivity contribution in [1.29, 1.82) is 0 Å². The van der Waals surface area contributed by atoms with Gasteiger partial charge in [0.1, 0.15) is 6.61 Å². The fraction of sp³-hybridized carbons (Fsp3) is 0.0769. The summed E-state index contributed by atoms with van der Waals surface area (Å²) in [6, 6.07) is 11.1. The first kappa shape index (κ1) is 11.9. The van der Waals surface area contributed by atoms with Gasteiger partial charge in [-0.2, -0.15) is 0 Å². The molecular weight excluding hydrogens is 230 g/mol. The molecule has 0 aliphatic heterocycles. The van der Waals surface area contributed by atoms with E-state index in [0.29, 0.717) is 12.5 Å². The minimum absolute atomic E-state index is 0.216. The Labute approximate surface area is 104 Å². The topological polar surface area (TPSA) is 91.2 Å². The Morgan fingerprint density at radius 3 is 2.67 bits per heavy atom. The number of rotatable bonds is 4. The summed E-state index contributed by atoms with van der Waals surface area (Å²) in [5, 5.41) is 0. The van der Waals surface area contributed by atoms with Crippen molar-refractivity contribution in [3.8, 4) is 5.88 Å². The van der Waals surface area contributed by atoms with Gasteiger partial charge in [0.05, 0.1) is 17.4 Å². The van der Waals surface area contributed by atoms with Crippen molar-refractivity contribution in [2.24, 2.45) is 5.73 Å². The van der Waals surface area contributed by atoms with Gasteiger partial charge < -0.3 is 16.2 Å². The van der Waals surface area contributed by atoms with Crippen LogP contribution >= 0.6 is 0 Å². The second-order valence-electron chi connectivity index (χ2n) is 3.75. The second-order valence-corrected chi connectivity index (χ2v) is 3.75. The number of carbonyl (C=O) groups is 1. The molecule has 0 radical (unpaired) electrons. The third-order valence-electron chi connectivity index (χ3n) is 2.40. The zero-order chi connectivity index (χ0) is 13.0. The lowest BCUT2D eigenvalue weighted by atomic mass is 10.2. The van der Waals surface area contributed by atoms with Crippen LogP contribution in [0.4, 0.5) is 5.69 Å². The van der Waals surface area contributed by atoms with Crippen molar-refractivity contribution in [2.45, 2.75) is 6.61 Å². The molecule has 0 aliphatic rings. The standard InChI is InChI=1S/C13H13N3O2/c14-11-7-16-12(6-10(11)13(15)17)18-8-9-4-2-1-3-5-9/h1-7H,8,14H2,(H2,15,17). The summed E-state index contributed by atoms with van der Waals surface area (Å²) in [4.78, 5) is 15.1. The summed E-state index contributed by atoms with van der Waals surface area (Å²) in [6.07, 6.45) is 1.36. The average molecular weight is 243 g/mol. The van der Waals surface area contributed by atoms with Gasteiger partial charge in [0.15, 0.2) is 0 Å². The largest absolute Gasteiger partial charge is 0.473 e. The van der Waals surface area contributed by atoms with E-state index in [4.69, 9.17) is 16.2 Å². The number of nitrogen functional groups attached to an aromatic ring is 1. The summed E-state index contributed by atoms with van der Waals surface area (Å²) in [5.41, 5.74) is 12.2. The number of carbonyl (C=O) groups excluding carboxylic acids is 1. The van der Waals surface area contributed by atoms with E-state index in [9.17, 15) is 4.79 Å². The number of pyridine rings is 1. The van der Waals surface area contributed by atoms with E-state index >= 15 is 0 Å². The molecular formula is C13H13N3O2. The predicted molar refractivity (Wildman–Crippen MR) is 67.9 cm³/mol. The minimum Gasteiger partial charge on any atom is -0.473 e. The highest BCUT2D eigenvalue weighted by atomic mass is 16.5. The maximum Gasteiger partial charge on any atom is 0.251 e. The van der Waals surface area contributed by atoms with Gasteiger partial charge >= 0.3 is 0 Å². The van der Waals surface area contributed by atoms with E-state index in [-0.39, 0.29) is 11.3 Å². The zero-order valence-electron chi connectivity index (χ0n) is 9.67. The predicted octanol–water partition coefficient (Wildman–Crippen LogP) is 1.34. The van der Waals surface area contributed by atoms with E-state index in [0.717, 1.165) is 5.56 Å². The highest BCUT2D eigenvalue weighted by molar-refractivity contribution is 5.97. The Kier molecular flexibility index (Phi) is 3.43. The van der Waals surface area contributed by atoms with Gasteiger partial charge in [-0.3, -0.25) is 4.79 Å². The number of nitrogens with two attached hydrogens (primary N) is 2. The number of amides is 1. The van der Waals surface area contributed by atoms with Gasteiger partial charge in [-0.15, -0.1) is 0 Å². The first-order valence-corrected chi connectivity index (χ1v) is 5.39. The lowest BCUT2D eigenvalue weighted by Crippen LogP contribution is -2.14. The molecule has 0 fully saturated rings. The number of primary amides is 1.